The van der Waals surface area contributed by atoms with Crippen molar-refractivity contribution >= 4 is 34.1 Å². The van der Waals surface area contributed by atoms with Gasteiger partial charge < -0.3 is 10.1 Å². The average Bonchev–Trinajstić information content (AvgIpc) is 2.58. The van der Waals surface area contributed by atoms with Crippen LogP contribution in [0.1, 0.15) is 20.3 Å². The minimum absolute atomic E-state index is 0.000560. The SMILES string of the molecule is CCC(C)Oc1ncc2ncnc(Nc3ccc(F)c(Cl)c3)c2n1. The Morgan fingerprint density at radius 3 is 2.88 bits per heavy atom. The highest BCUT2D eigenvalue weighted by atomic mass is 35.5. The second-order valence-electron chi connectivity index (χ2n) is 5.20. The first-order chi connectivity index (χ1) is 11.6. The molecule has 2 aromatic heterocycles. The second kappa shape index (κ2) is 6.92. The number of fused-ring (bicyclic) bond motifs is 1. The van der Waals surface area contributed by atoms with Gasteiger partial charge in [-0.1, -0.05) is 18.5 Å². The van der Waals surface area contributed by atoms with Crippen molar-refractivity contribution in [1.82, 2.24) is 19.9 Å². The van der Waals surface area contributed by atoms with E-state index < -0.39 is 5.82 Å². The predicted molar refractivity (Wildman–Crippen MR) is 90.2 cm³/mol. The molecule has 0 aliphatic carbocycles. The van der Waals surface area contributed by atoms with Gasteiger partial charge in [0.2, 0.25) is 0 Å². The molecule has 3 rings (SSSR count). The van der Waals surface area contributed by atoms with Crippen molar-refractivity contribution in [3.8, 4) is 6.01 Å². The molecule has 2 heterocycles. The lowest BCUT2D eigenvalue weighted by molar-refractivity contribution is 0.200. The molecule has 0 spiro atoms. The van der Waals surface area contributed by atoms with Crippen molar-refractivity contribution in [2.45, 2.75) is 26.4 Å². The van der Waals surface area contributed by atoms with Gasteiger partial charge in [0.25, 0.3) is 0 Å². The van der Waals surface area contributed by atoms with Gasteiger partial charge in [-0.2, -0.15) is 4.98 Å². The molecule has 1 aromatic carbocycles. The van der Waals surface area contributed by atoms with E-state index in [9.17, 15) is 4.39 Å². The predicted octanol–water partition coefficient (Wildman–Crippen LogP) is 4.13. The Bertz CT molecular complexity index is 876. The summed E-state index contributed by atoms with van der Waals surface area (Å²) in [4.78, 5) is 16.8. The van der Waals surface area contributed by atoms with E-state index in [-0.39, 0.29) is 17.1 Å². The molecule has 1 atom stereocenters. The molecule has 0 amide bonds. The molecule has 0 bridgehead atoms. The fraction of sp³-hybridized carbons (Fsp3) is 0.250. The number of hydrogen-bond donors (Lipinski definition) is 1. The second-order valence-corrected chi connectivity index (χ2v) is 5.61. The van der Waals surface area contributed by atoms with E-state index in [4.69, 9.17) is 16.3 Å². The van der Waals surface area contributed by atoms with E-state index in [0.29, 0.717) is 22.5 Å². The minimum Gasteiger partial charge on any atom is -0.460 e. The van der Waals surface area contributed by atoms with Crippen LogP contribution < -0.4 is 10.1 Å². The average molecular weight is 348 g/mol. The van der Waals surface area contributed by atoms with E-state index in [2.05, 4.69) is 25.3 Å². The largest absolute Gasteiger partial charge is 0.460 e. The first-order valence-electron chi connectivity index (χ1n) is 7.43. The third-order valence-corrected chi connectivity index (χ3v) is 3.71. The smallest absolute Gasteiger partial charge is 0.317 e. The third kappa shape index (κ3) is 3.51. The van der Waals surface area contributed by atoms with Crippen LogP contribution >= 0.6 is 11.6 Å². The van der Waals surface area contributed by atoms with Crippen LogP contribution in [-0.4, -0.2) is 26.0 Å². The quantitative estimate of drug-likeness (QED) is 0.748. The molecule has 0 fully saturated rings. The fourth-order valence-electron chi connectivity index (χ4n) is 1.96. The van der Waals surface area contributed by atoms with E-state index in [0.717, 1.165) is 6.42 Å². The lowest BCUT2D eigenvalue weighted by Crippen LogP contribution is -2.12. The Kier molecular flexibility index (Phi) is 4.71. The van der Waals surface area contributed by atoms with Gasteiger partial charge >= 0.3 is 6.01 Å². The summed E-state index contributed by atoms with van der Waals surface area (Å²) in [7, 11) is 0. The summed E-state index contributed by atoms with van der Waals surface area (Å²) >= 11 is 5.80. The van der Waals surface area contributed by atoms with Crippen molar-refractivity contribution < 1.29 is 9.13 Å². The molecular weight excluding hydrogens is 333 g/mol. The van der Waals surface area contributed by atoms with Crippen molar-refractivity contribution in [3.63, 3.8) is 0 Å². The minimum atomic E-state index is -0.485. The van der Waals surface area contributed by atoms with Gasteiger partial charge in [0, 0.05) is 5.69 Å². The lowest BCUT2D eigenvalue weighted by atomic mass is 10.3. The molecule has 0 aliphatic rings. The number of ether oxygens (including phenoxy) is 1. The molecule has 124 valence electrons. The van der Waals surface area contributed by atoms with Gasteiger partial charge in [-0.15, -0.1) is 0 Å². The van der Waals surface area contributed by atoms with Gasteiger partial charge in [-0.05, 0) is 31.5 Å². The highest BCUT2D eigenvalue weighted by Crippen LogP contribution is 2.25. The maximum atomic E-state index is 13.3. The summed E-state index contributed by atoms with van der Waals surface area (Å²) in [5.41, 5.74) is 1.66. The van der Waals surface area contributed by atoms with Gasteiger partial charge in [0.15, 0.2) is 5.82 Å². The van der Waals surface area contributed by atoms with Crippen molar-refractivity contribution in [2.75, 3.05) is 5.32 Å². The van der Waals surface area contributed by atoms with Crippen LogP contribution in [0.15, 0.2) is 30.7 Å². The van der Waals surface area contributed by atoms with Crippen molar-refractivity contribution in [2.24, 2.45) is 0 Å². The molecule has 0 radical (unpaired) electrons. The Hall–Kier alpha value is -2.54. The Balaban J connectivity index is 1.97. The monoisotopic (exact) mass is 347 g/mol. The van der Waals surface area contributed by atoms with Gasteiger partial charge in [0.05, 0.1) is 17.3 Å². The van der Waals surface area contributed by atoms with E-state index >= 15 is 0 Å². The van der Waals surface area contributed by atoms with Gasteiger partial charge in [-0.3, -0.25) is 0 Å². The summed E-state index contributed by atoms with van der Waals surface area (Å²) in [6, 6.07) is 4.57. The Morgan fingerprint density at radius 1 is 1.29 bits per heavy atom. The number of halogens is 2. The summed E-state index contributed by atoms with van der Waals surface area (Å²) < 4.78 is 18.9. The van der Waals surface area contributed by atoms with E-state index in [1.807, 2.05) is 13.8 Å². The lowest BCUT2D eigenvalue weighted by Gasteiger charge is -2.12. The molecule has 0 saturated carbocycles. The maximum absolute atomic E-state index is 13.3. The van der Waals surface area contributed by atoms with E-state index in [1.165, 1.54) is 18.5 Å². The number of nitrogens with one attached hydrogen (secondary N) is 1. The molecular formula is C16H15ClFN5O. The number of hydrogen-bond acceptors (Lipinski definition) is 6. The van der Waals surface area contributed by atoms with Crippen molar-refractivity contribution in [3.05, 3.63) is 41.6 Å². The molecule has 8 heteroatoms. The summed E-state index contributed by atoms with van der Waals surface area (Å²) in [6.07, 6.45) is 3.81. The number of benzene rings is 1. The van der Waals surface area contributed by atoms with Gasteiger partial charge in [0.1, 0.15) is 23.2 Å². The molecule has 3 aromatic rings. The van der Waals surface area contributed by atoms with Crippen LogP contribution in [0.5, 0.6) is 6.01 Å². The number of anilines is 2. The number of nitrogens with zero attached hydrogens (tertiary/aromatic N) is 4. The van der Waals surface area contributed by atoms with Gasteiger partial charge in [-0.25, -0.2) is 19.3 Å². The Labute approximate surface area is 143 Å². The maximum Gasteiger partial charge on any atom is 0.317 e. The van der Waals surface area contributed by atoms with Crippen LogP contribution in [0.4, 0.5) is 15.9 Å². The fourth-order valence-corrected chi connectivity index (χ4v) is 2.14. The Morgan fingerprint density at radius 2 is 2.12 bits per heavy atom. The zero-order valence-electron chi connectivity index (χ0n) is 13.1. The third-order valence-electron chi connectivity index (χ3n) is 3.42. The highest BCUT2D eigenvalue weighted by molar-refractivity contribution is 6.31. The number of rotatable bonds is 5. The number of aromatic nitrogens is 4. The molecule has 24 heavy (non-hydrogen) atoms. The topological polar surface area (TPSA) is 72.8 Å². The van der Waals surface area contributed by atoms with Crippen LogP contribution in [0, 0.1) is 5.82 Å². The van der Waals surface area contributed by atoms with Crippen LogP contribution in [0.3, 0.4) is 0 Å². The van der Waals surface area contributed by atoms with Crippen LogP contribution in [-0.2, 0) is 0 Å². The molecule has 6 nitrogen and oxygen atoms in total. The molecule has 0 saturated heterocycles. The first kappa shape index (κ1) is 16.3. The zero-order valence-corrected chi connectivity index (χ0v) is 13.9. The summed E-state index contributed by atoms with van der Waals surface area (Å²) in [6.45, 7) is 3.95. The van der Waals surface area contributed by atoms with Crippen molar-refractivity contribution in [1.29, 1.82) is 0 Å². The molecule has 1 unspecified atom stereocenters. The standard InChI is InChI=1S/C16H15ClFN5O/c1-3-9(2)24-16-19-7-13-14(23-16)15(21-8-20-13)22-10-4-5-12(18)11(17)6-10/h4-9H,3H2,1-2H3,(H,20,21,22). The zero-order chi connectivity index (χ0) is 17.1. The molecule has 0 aliphatic heterocycles. The summed E-state index contributed by atoms with van der Waals surface area (Å²) in [5.74, 6) is -0.0274. The highest BCUT2D eigenvalue weighted by Gasteiger charge is 2.11. The first-order valence-corrected chi connectivity index (χ1v) is 7.81. The van der Waals surface area contributed by atoms with Crippen LogP contribution in [0.2, 0.25) is 5.02 Å². The van der Waals surface area contributed by atoms with Crippen LogP contribution in [0.25, 0.3) is 11.0 Å². The van der Waals surface area contributed by atoms with E-state index in [1.54, 1.807) is 12.3 Å². The summed E-state index contributed by atoms with van der Waals surface area (Å²) in [5, 5.41) is 3.08. The molecule has 1 N–H and O–H groups in total. The normalized spacial score (nSPS) is 12.2.